The number of nitrogens with zero attached hydrogens (tertiary/aromatic N) is 1. The molecular formula is C8H14N2O. The van der Waals surface area contributed by atoms with Crippen molar-refractivity contribution < 1.29 is 4.74 Å². The molecule has 1 saturated heterocycles. The SMILES string of the molecule is N#C[C@@H](N)CC1CCOCC1. The van der Waals surface area contributed by atoms with E-state index in [1.54, 1.807) is 0 Å². The van der Waals surface area contributed by atoms with Crippen LogP contribution in [0.4, 0.5) is 0 Å². The average Bonchev–Trinajstić information content (AvgIpc) is 2.06. The van der Waals surface area contributed by atoms with Gasteiger partial charge in [-0.25, -0.2) is 0 Å². The van der Waals surface area contributed by atoms with Crippen molar-refractivity contribution in [3.63, 3.8) is 0 Å². The highest BCUT2D eigenvalue weighted by Gasteiger charge is 2.16. The van der Waals surface area contributed by atoms with Gasteiger partial charge in [-0.05, 0) is 25.2 Å². The second kappa shape index (κ2) is 4.32. The highest BCUT2D eigenvalue weighted by atomic mass is 16.5. The Bertz CT molecular complexity index is 147. The summed E-state index contributed by atoms with van der Waals surface area (Å²) in [5.74, 6) is 0.610. The third kappa shape index (κ3) is 2.87. The van der Waals surface area contributed by atoms with E-state index in [2.05, 4.69) is 0 Å². The number of rotatable bonds is 2. The molecule has 2 N–H and O–H groups in total. The molecule has 0 radical (unpaired) electrons. The minimum absolute atomic E-state index is 0.280. The summed E-state index contributed by atoms with van der Waals surface area (Å²) >= 11 is 0. The van der Waals surface area contributed by atoms with Crippen LogP contribution in [0.15, 0.2) is 0 Å². The van der Waals surface area contributed by atoms with E-state index in [9.17, 15) is 0 Å². The fourth-order valence-electron chi connectivity index (χ4n) is 1.39. The van der Waals surface area contributed by atoms with Gasteiger partial charge in [0.2, 0.25) is 0 Å². The van der Waals surface area contributed by atoms with E-state index in [-0.39, 0.29) is 6.04 Å². The first kappa shape index (κ1) is 8.51. The van der Waals surface area contributed by atoms with Gasteiger partial charge in [0.05, 0.1) is 12.1 Å². The summed E-state index contributed by atoms with van der Waals surface area (Å²) < 4.78 is 5.19. The average molecular weight is 154 g/mol. The monoisotopic (exact) mass is 154 g/mol. The summed E-state index contributed by atoms with van der Waals surface area (Å²) in [6, 6.07) is 1.77. The molecule has 3 heteroatoms. The zero-order valence-electron chi connectivity index (χ0n) is 6.62. The first-order chi connectivity index (χ1) is 5.33. The molecule has 0 aliphatic carbocycles. The van der Waals surface area contributed by atoms with Crippen LogP contribution in [0.25, 0.3) is 0 Å². The van der Waals surface area contributed by atoms with Crippen molar-refractivity contribution in [2.75, 3.05) is 13.2 Å². The predicted octanol–water partition coefficient (Wildman–Crippen LogP) is 0.654. The lowest BCUT2D eigenvalue weighted by molar-refractivity contribution is 0.0632. The number of hydrogen-bond acceptors (Lipinski definition) is 3. The van der Waals surface area contributed by atoms with Crippen LogP contribution >= 0.6 is 0 Å². The molecule has 0 saturated carbocycles. The van der Waals surface area contributed by atoms with Crippen molar-refractivity contribution in [3.8, 4) is 6.07 Å². The molecule has 1 atom stereocenters. The Balaban J connectivity index is 2.20. The maximum Gasteiger partial charge on any atom is 0.0930 e. The van der Waals surface area contributed by atoms with Crippen molar-refractivity contribution in [2.24, 2.45) is 11.7 Å². The topological polar surface area (TPSA) is 59.0 Å². The molecule has 1 aliphatic heterocycles. The highest BCUT2D eigenvalue weighted by Crippen LogP contribution is 2.18. The van der Waals surface area contributed by atoms with Gasteiger partial charge in [0.15, 0.2) is 0 Å². The van der Waals surface area contributed by atoms with Crippen molar-refractivity contribution in [2.45, 2.75) is 25.3 Å². The lowest BCUT2D eigenvalue weighted by Gasteiger charge is -2.22. The van der Waals surface area contributed by atoms with E-state index in [4.69, 9.17) is 15.7 Å². The lowest BCUT2D eigenvalue weighted by Crippen LogP contribution is -2.25. The number of hydrogen-bond donors (Lipinski definition) is 1. The molecule has 0 aromatic rings. The molecule has 1 rings (SSSR count). The van der Waals surface area contributed by atoms with Gasteiger partial charge in [-0.1, -0.05) is 0 Å². The molecule has 1 heterocycles. The minimum Gasteiger partial charge on any atom is -0.381 e. The molecule has 62 valence electrons. The van der Waals surface area contributed by atoms with Crippen LogP contribution in [0.1, 0.15) is 19.3 Å². The van der Waals surface area contributed by atoms with E-state index >= 15 is 0 Å². The first-order valence-electron chi connectivity index (χ1n) is 4.06. The summed E-state index contributed by atoms with van der Waals surface area (Å²) in [5, 5.41) is 8.46. The van der Waals surface area contributed by atoms with Gasteiger partial charge in [-0.3, -0.25) is 0 Å². The maximum absolute atomic E-state index is 8.46. The van der Waals surface area contributed by atoms with Crippen molar-refractivity contribution in [3.05, 3.63) is 0 Å². The van der Waals surface area contributed by atoms with Crippen molar-refractivity contribution in [1.29, 1.82) is 5.26 Å². The fourth-order valence-corrected chi connectivity index (χ4v) is 1.39. The molecule has 0 spiro atoms. The van der Waals surface area contributed by atoms with Crippen LogP contribution in [0, 0.1) is 17.2 Å². The molecule has 0 aromatic heterocycles. The largest absolute Gasteiger partial charge is 0.381 e. The predicted molar refractivity (Wildman–Crippen MR) is 41.7 cm³/mol. The second-order valence-electron chi connectivity index (χ2n) is 3.03. The summed E-state index contributed by atoms with van der Waals surface area (Å²) in [7, 11) is 0. The van der Waals surface area contributed by atoms with Crippen LogP contribution in [-0.4, -0.2) is 19.3 Å². The Morgan fingerprint density at radius 2 is 2.18 bits per heavy atom. The van der Waals surface area contributed by atoms with Crippen molar-refractivity contribution in [1.82, 2.24) is 0 Å². The van der Waals surface area contributed by atoms with Crippen LogP contribution < -0.4 is 5.73 Å². The lowest BCUT2D eigenvalue weighted by atomic mass is 9.93. The maximum atomic E-state index is 8.46. The van der Waals surface area contributed by atoms with Gasteiger partial charge in [-0.15, -0.1) is 0 Å². The van der Waals surface area contributed by atoms with Crippen LogP contribution in [0.2, 0.25) is 0 Å². The molecule has 0 bridgehead atoms. The highest BCUT2D eigenvalue weighted by molar-refractivity contribution is 4.88. The van der Waals surface area contributed by atoms with Gasteiger partial charge in [0, 0.05) is 13.2 Å². The van der Waals surface area contributed by atoms with Gasteiger partial charge in [0.1, 0.15) is 0 Å². The molecule has 0 amide bonds. The third-order valence-corrected chi connectivity index (χ3v) is 2.09. The Morgan fingerprint density at radius 1 is 1.55 bits per heavy atom. The Kier molecular flexibility index (Phi) is 3.34. The Labute approximate surface area is 67.1 Å². The quantitative estimate of drug-likeness (QED) is 0.635. The molecule has 0 aromatic carbocycles. The second-order valence-corrected chi connectivity index (χ2v) is 3.03. The summed E-state index contributed by atoms with van der Waals surface area (Å²) in [5.41, 5.74) is 5.50. The van der Waals surface area contributed by atoms with Gasteiger partial charge in [0.25, 0.3) is 0 Å². The normalized spacial score (nSPS) is 22.5. The van der Waals surface area contributed by atoms with E-state index in [1.165, 1.54) is 0 Å². The Hall–Kier alpha value is -0.590. The molecule has 0 unspecified atom stereocenters. The zero-order chi connectivity index (χ0) is 8.10. The Morgan fingerprint density at radius 3 is 2.73 bits per heavy atom. The van der Waals surface area contributed by atoms with Crippen LogP contribution in [0.5, 0.6) is 0 Å². The summed E-state index contributed by atoms with van der Waals surface area (Å²) in [6.45, 7) is 1.67. The zero-order valence-corrected chi connectivity index (χ0v) is 6.62. The van der Waals surface area contributed by atoms with E-state index in [0.29, 0.717) is 5.92 Å². The molecule has 11 heavy (non-hydrogen) atoms. The van der Waals surface area contributed by atoms with Crippen molar-refractivity contribution >= 4 is 0 Å². The van der Waals surface area contributed by atoms with E-state index < -0.39 is 0 Å². The smallest absolute Gasteiger partial charge is 0.0930 e. The summed E-state index contributed by atoms with van der Waals surface area (Å²) in [4.78, 5) is 0. The van der Waals surface area contributed by atoms with Gasteiger partial charge >= 0.3 is 0 Å². The van der Waals surface area contributed by atoms with Gasteiger partial charge in [-0.2, -0.15) is 5.26 Å². The fraction of sp³-hybridized carbons (Fsp3) is 0.875. The van der Waals surface area contributed by atoms with E-state index in [0.717, 1.165) is 32.5 Å². The number of nitriles is 1. The van der Waals surface area contributed by atoms with Crippen LogP contribution in [-0.2, 0) is 4.74 Å². The molecular weight excluding hydrogens is 140 g/mol. The van der Waals surface area contributed by atoms with Crippen LogP contribution in [0.3, 0.4) is 0 Å². The molecule has 1 fully saturated rings. The summed E-state index contributed by atoms with van der Waals surface area (Å²) in [6.07, 6.45) is 2.96. The first-order valence-corrected chi connectivity index (χ1v) is 4.06. The minimum atomic E-state index is -0.280. The molecule has 3 nitrogen and oxygen atoms in total. The van der Waals surface area contributed by atoms with E-state index in [1.807, 2.05) is 6.07 Å². The van der Waals surface area contributed by atoms with Gasteiger partial charge < -0.3 is 10.5 Å². The number of ether oxygens (including phenoxy) is 1. The molecule has 1 aliphatic rings. The third-order valence-electron chi connectivity index (χ3n) is 2.09. The number of nitrogens with two attached hydrogens (primary N) is 1. The standard InChI is InChI=1S/C8H14N2O/c9-6-8(10)5-7-1-3-11-4-2-7/h7-8H,1-5,10H2/t8-/m0/s1.